The van der Waals surface area contributed by atoms with Crippen molar-refractivity contribution < 1.29 is 4.79 Å². The van der Waals surface area contributed by atoms with Gasteiger partial charge in [0.1, 0.15) is 0 Å². The van der Waals surface area contributed by atoms with Crippen molar-refractivity contribution in [2.24, 2.45) is 5.92 Å². The lowest BCUT2D eigenvalue weighted by atomic mass is 9.93. The minimum atomic E-state index is 0.194. The maximum Gasteiger partial charge on any atom is 0.224 e. The SMILES string of the molecule is CCCCCCCCCCCCNC(=O)C1CCCN(C2CCN(Cc3ccccc3)CC2)C1. The van der Waals surface area contributed by atoms with E-state index in [1.165, 1.54) is 102 Å². The number of hydrogen-bond donors (Lipinski definition) is 1. The number of nitrogens with one attached hydrogen (secondary N) is 1. The highest BCUT2D eigenvalue weighted by Gasteiger charge is 2.31. The number of piperidine rings is 2. The van der Waals surface area contributed by atoms with Crippen LogP contribution >= 0.6 is 0 Å². The first-order chi connectivity index (χ1) is 16.8. The number of benzene rings is 1. The zero-order valence-corrected chi connectivity index (χ0v) is 22.0. The normalized spacial score (nSPS) is 20.4. The summed E-state index contributed by atoms with van der Waals surface area (Å²) in [5.74, 6) is 0.501. The van der Waals surface area contributed by atoms with Crippen LogP contribution in [0, 0.1) is 5.92 Å². The van der Waals surface area contributed by atoms with Crippen LogP contribution in [0.5, 0.6) is 0 Å². The summed E-state index contributed by atoms with van der Waals surface area (Å²) in [5.41, 5.74) is 1.41. The van der Waals surface area contributed by atoms with Crippen molar-refractivity contribution in [1.82, 2.24) is 15.1 Å². The number of carbonyl (C=O) groups excluding carboxylic acids is 1. The molecule has 1 atom stereocenters. The van der Waals surface area contributed by atoms with Gasteiger partial charge in [0.25, 0.3) is 0 Å². The van der Waals surface area contributed by atoms with Gasteiger partial charge in [0.05, 0.1) is 5.92 Å². The lowest BCUT2D eigenvalue weighted by molar-refractivity contribution is -0.127. The molecule has 3 rings (SSSR count). The maximum atomic E-state index is 12.8. The Bertz CT molecular complexity index is 656. The second-order valence-corrected chi connectivity index (χ2v) is 10.8. The van der Waals surface area contributed by atoms with Gasteiger partial charge in [-0.1, -0.05) is 95.0 Å². The monoisotopic (exact) mass is 469 g/mol. The highest BCUT2D eigenvalue weighted by molar-refractivity contribution is 5.78. The van der Waals surface area contributed by atoms with Crippen LogP contribution < -0.4 is 5.32 Å². The number of nitrogens with zero attached hydrogens (tertiary/aromatic N) is 2. The number of unbranched alkanes of at least 4 members (excludes halogenated alkanes) is 9. The van der Waals surface area contributed by atoms with Crippen LogP contribution in [0.3, 0.4) is 0 Å². The van der Waals surface area contributed by atoms with E-state index in [9.17, 15) is 4.79 Å². The quantitative estimate of drug-likeness (QED) is 0.302. The molecule has 0 aliphatic carbocycles. The first kappa shape index (κ1) is 27.2. The molecular weight excluding hydrogens is 418 g/mol. The summed E-state index contributed by atoms with van der Waals surface area (Å²) in [4.78, 5) is 18.0. The van der Waals surface area contributed by atoms with Crippen molar-refractivity contribution in [2.45, 2.75) is 109 Å². The minimum Gasteiger partial charge on any atom is -0.356 e. The Labute approximate surface area is 209 Å². The second-order valence-electron chi connectivity index (χ2n) is 10.8. The van der Waals surface area contributed by atoms with Crippen LogP contribution in [0.1, 0.15) is 102 Å². The molecule has 2 aliphatic rings. The molecule has 2 saturated heterocycles. The van der Waals surface area contributed by atoms with Gasteiger partial charge < -0.3 is 5.32 Å². The van der Waals surface area contributed by atoms with Crippen LogP contribution in [-0.4, -0.2) is 54.5 Å². The van der Waals surface area contributed by atoms with E-state index in [0.29, 0.717) is 11.9 Å². The maximum absolute atomic E-state index is 12.8. The molecule has 1 amide bonds. The molecule has 0 aromatic heterocycles. The molecule has 1 unspecified atom stereocenters. The van der Waals surface area contributed by atoms with E-state index in [2.05, 4.69) is 52.4 Å². The zero-order valence-electron chi connectivity index (χ0n) is 22.0. The molecule has 34 heavy (non-hydrogen) atoms. The van der Waals surface area contributed by atoms with Gasteiger partial charge in [-0.3, -0.25) is 14.6 Å². The fourth-order valence-electron chi connectivity index (χ4n) is 5.80. The van der Waals surface area contributed by atoms with Crippen molar-refractivity contribution in [2.75, 3.05) is 32.7 Å². The van der Waals surface area contributed by atoms with Gasteiger partial charge in [0, 0.05) is 25.7 Å². The van der Waals surface area contributed by atoms with Crippen LogP contribution in [0.2, 0.25) is 0 Å². The zero-order chi connectivity index (χ0) is 23.8. The molecule has 4 heteroatoms. The lowest BCUT2D eigenvalue weighted by Gasteiger charge is -2.42. The van der Waals surface area contributed by atoms with Crippen molar-refractivity contribution in [3.05, 3.63) is 35.9 Å². The Balaban J connectivity index is 1.24. The van der Waals surface area contributed by atoms with Crippen molar-refractivity contribution >= 4 is 5.91 Å². The molecule has 0 spiro atoms. The third-order valence-electron chi connectivity index (χ3n) is 7.98. The summed E-state index contributed by atoms with van der Waals surface area (Å²) >= 11 is 0. The fourth-order valence-corrected chi connectivity index (χ4v) is 5.80. The molecule has 1 aromatic rings. The van der Waals surface area contributed by atoms with Crippen LogP contribution in [0.25, 0.3) is 0 Å². The van der Waals surface area contributed by atoms with Crippen LogP contribution in [0.4, 0.5) is 0 Å². The molecule has 192 valence electrons. The van der Waals surface area contributed by atoms with Gasteiger partial charge >= 0.3 is 0 Å². The molecule has 4 nitrogen and oxygen atoms in total. The molecule has 1 aromatic carbocycles. The van der Waals surface area contributed by atoms with Crippen molar-refractivity contribution in [3.8, 4) is 0 Å². The van der Waals surface area contributed by atoms with Crippen molar-refractivity contribution in [3.63, 3.8) is 0 Å². The third kappa shape index (κ3) is 10.1. The summed E-state index contributed by atoms with van der Waals surface area (Å²) < 4.78 is 0. The lowest BCUT2D eigenvalue weighted by Crippen LogP contribution is -2.50. The summed E-state index contributed by atoms with van der Waals surface area (Å²) in [6.45, 7) is 8.69. The molecule has 2 heterocycles. The summed E-state index contributed by atoms with van der Waals surface area (Å²) in [6.07, 6.45) is 18.1. The molecule has 0 saturated carbocycles. The topological polar surface area (TPSA) is 35.6 Å². The number of likely N-dealkylation sites (tertiary alicyclic amines) is 2. The van der Waals surface area contributed by atoms with Gasteiger partial charge in [0.2, 0.25) is 5.91 Å². The van der Waals surface area contributed by atoms with Crippen LogP contribution in [-0.2, 0) is 11.3 Å². The predicted octanol–water partition coefficient (Wildman–Crippen LogP) is 6.40. The average Bonchev–Trinajstić information content (AvgIpc) is 2.88. The number of hydrogen-bond acceptors (Lipinski definition) is 3. The van der Waals surface area contributed by atoms with Gasteiger partial charge in [-0.05, 0) is 57.3 Å². The van der Waals surface area contributed by atoms with E-state index in [0.717, 1.165) is 32.5 Å². The number of carbonyl (C=O) groups is 1. The molecule has 2 fully saturated rings. The van der Waals surface area contributed by atoms with Gasteiger partial charge in [-0.25, -0.2) is 0 Å². The van der Waals surface area contributed by atoms with E-state index < -0.39 is 0 Å². The predicted molar refractivity (Wildman–Crippen MR) is 144 cm³/mol. The summed E-state index contributed by atoms with van der Waals surface area (Å²) in [6, 6.07) is 11.5. The number of amides is 1. The first-order valence-electron chi connectivity index (χ1n) is 14.5. The minimum absolute atomic E-state index is 0.194. The van der Waals surface area contributed by atoms with Gasteiger partial charge in [-0.2, -0.15) is 0 Å². The van der Waals surface area contributed by atoms with E-state index >= 15 is 0 Å². The summed E-state index contributed by atoms with van der Waals surface area (Å²) in [7, 11) is 0. The van der Waals surface area contributed by atoms with E-state index in [1.807, 2.05) is 0 Å². The van der Waals surface area contributed by atoms with Gasteiger partial charge in [0.15, 0.2) is 0 Å². The second kappa shape index (κ2) is 16.3. The standard InChI is InChI=1S/C30H51N3O/c1-2-3-4-5-6-7-8-9-10-14-21-31-30(34)28-18-15-22-33(26-28)29-19-23-32(24-20-29)25-27-16-12-11-13-17-27/h11-13,16-17,28-29H,2-10,14-15,18-26H2,1H3,(H,31,34). The smallest absolute Gasteiger partial charge is 0.224 e. The summed E-state index contributed by atoms with van der Waals surface area (Å²) in [5, 5.41) is 3.26. The highest BCUT2D eigenvalue weighted by atomic mass is 16.1. The molecule has 1 N–H and O–H groups in total. The number of rotatable bonds is 15. The Morgan fingerprint density at radius 1 is 0.853 bits per heavy atom. The molecule has 0 radical (unpaired) electrons. The third-order valence-corrected chi connectivity index (χ3v) is 7.98. The Morgan fingerprint density at radius 2 is 1.50 bits per heavy atom. The largest absolute Gasteiger partial charge is 0.356 e. The van der Waals surface area contributed by atoms with E-state index in [-0.39, 0.29) is 5.92 Å². The van der Waals surface area contributed by atoms with Crippen LogP contribution in [0.15, 0.2) is 30.3 Å². The van der Waals surface area contributed by atoms with Gasteiger partial charge in [-0.15, -0.1) is 0 Å². The Hall–Kier alpha value is -1.39. The molecule has 2 aliphatic heterocycles. The van der Waals surface area contributed by atoms with E-state index in [4.69, 9.17) is 0 Å². The fraction of sp³-hybridized carbons (Fsp3) is 0.767. The molecular formula is C30H51N3O. The first-order valence-corrected chi connectivity index (χ1v) is 14.5. The van der Waals surface area contributed by atoms with E-state index in [1.54, 1.807) is 0 Å². The highest BCUT2D eigenvalue weighted by Crippen LogP contribution is 2.25. The Morgan fingerprint density at radius 3 is 2.18 bits per heavy atom. The Kier molecular flexibility index (Phi) is 13.1. The molecule has 0 bridgehead atoms. The van der Waals surface area contributed by atoms with Crippen molar-refractivity contribution in [1.29, 1.82) is 0 Å². The average molecular weight is 470 g/mol.